The Hall–Kier alpha value is 4.62. The number of hydrogen-bond acceptors (Lipinski definition) is 4. The predicted octanol–water partition coefficient (Wildman–Crippen LogP) is -15.4. The van der Waals surface area contributed by atoms with E-state index in [-0.39, 0.29) is 54.6 Å². The summed E-state index contributed by atoms with van der Waals surface area (Å²) in [5.41, 5.74) is 20.2. The zero-order valence-corrected chi connectivity index (χ0v) is 30.7. The molecule has 0 aliphatic heterocycles. The van der Waals surface area contributed by atoms with Crippen molar-refractivity contribution in [3.05, 3.63) is 0 Å². The van der Waals surface area contributed by atoms with Crippen molar-refractivity contribution >= 4 is 138 Å². The van der Waals surface area contributed by atoms with Crippen LogP contribution < -0.4 is 105 Å². The van der Waals surface area contributed by atoms with E-state index in [0.29, 0.717) is 26.5 Å². The Kier molecular flexibility index (Phi) is 68.0. The first-order valence-electron chi connectivity index (χ1n) is 4.03. The number of amidine groups is 4. The summed E-state index contributed by atoms with van der Waals surface area (Å²) in [5, 5.41) is 21.2. The molecule has 8 nitrogen and oxygen atoms in total. The van der Waals surface area contributed by atoms with Crippen LogP contribution in [0.15, 0.2) is 0 Å². The van der Waals surface area contributed by atoms with Crippen molar-refractivity contribution in [1.29, 1.82) is 0 Å². The maximum absolute atomic E-state index is 5.05. The number of rotatable bonds is 0. The summed E-state index contributed by atoms with van der Waals surface area (Å²) in [6, 6.07) is 0. The first kappa shape index (κ1) is 42.7. The second-order valence-corrected chi connectivity index (χ2v) is 39.1. The quantitative estimate of drug-likeness (QED) is 0.0506. The molecule has 0 rings (SSSR count). The first-order valence-corrected chi connectivity index (χ1v) is 33.5. The van der Waals surface area contributed by atoms with Gasteiger partial charge in [0.15, 0.2) is 0 Å². The van der Waals surface area contributed by atoms with Crippen molar-refractivity contribution in [2.45, 2.75) is 0 Å². The molecule has 0 atom stereocenters. The second kappa shape index (κ2) is 38.3. The molecule has 152 valence electrons. The third-order valence-electron chi connectivity index (χ3n) is 0.468. The summed E-state index contributed by atoms with van der Waals surface area (Å²) in [4.78, 5) is 0. The topological polar surface area (TPSA) is 206 Å². The van der Waals surface area contributed by atoms with Gasteiger partial charge in [-0.05, 0) is 0 Å². The Morgan fingerprint density at radius 3 is 0.667 bits per heavy atom. The van der Waals surface area contributed by atoms with Crippen LogP contribution in [-0.2, 0) is 0 Å². The van der Waals surface area contributed by atoms with Crippen LogP contribution in [0.2, 0.25) is 0 Å². The van der Waals surface area contributed by atoms with Crippen LogP contribution >= 0.6 is 118 Å². The van der Waals surface area contributed by atoms with E-state index in [1.54, 1.807) is 0 Å². The molecular weight excluding hydrogens is 1210 g/mol. The minimum absolute atomic E-state index is 0. The van der Waals surface area contributed by atoms with Gasteiger partial charge in [-0.2, -0.15) is 0 Å². The van der Waals surface area contributed by atoms with E-state index in [0.717, 1.165) is 43.2 Å². The first-order chi connectivity index (χ1) is 10.1. The zero-order chi connectivity index (χ0) is 18.6. The molecule has 0 radical (unpaired) electrons. The van der Waals surface area contributed by atoms with E-state index in [2.05, 4.69) is 74.5 Å². The molecule has 0 bridgehead atoms. The largest absolute Gasteiger partial charge is 1.00 e. The van der Waals surface area contributed by atoms with Crippen LogP contribution in [0.5, 0.6) is 0 Å². The zero-order valence-electron chi connectivity index (χ0n) is 11.3. The van der Waals surface area contributed by atoms with Crippen LogP contribution in [0.1, 0.15) is 0 Å². The summed E-state index contributed by atoms with van der Waals surface area (Å²) in [6.45, 7) is 0. The predicted molar refractivity (Wildman–Crippen MR) is 131 cm³/mol. The smallest absolute Gasteiger partial charge is 0.311 e. The number of hydrogen-bond donors (Lipinski definition) is 8. The van der Waals surface area contributed by atoms with Gasteiger partial charge >= 0.3 is 122 Å². The van der Waals surface area contributed by atoms with E-state index in [1.165, 1.54) is 0 Å². The van der Waals surface area contributed by atoms with Gasteiger partial charge in [-0.3, -0.25) is 44.6 Å². The molecule has 0 aliphatic carbocycles. The number of halogens is 8. The molecule has 0 aromatic heterocycles. The maximum atomic E-state index is 5.05. The summed E-state index contributed by atoms with van der Waals surface area (Å²) in [7, 11) is 4.56. The van der Waals surface area contributed by atoms with E-state index in [1.807, 2.05) is 0 Å². The molecule has 0 aliphatic rings. The molecule has 0 fully saturated rings. The molecule has 24 heavy (non-hydrogen) atoms. The van der Waals surface area contributed by atoms with E-state index < -0.39 is 0 Å². The fourth-order valence-corrected chi connectivity index (χ4v) is 1.73. The van der Waals surface area contributed by atoms with E-state index in [9.17, 15) is 0 Å². The Bertz CT molecular complexity index is 273. The van der Waals surface area contributed by atoms with Crippen molar-refractivity contribution < 1.29 is 82.1 Å². The maximum Gasteiger partial charge on any atom is 0.311 e. The van der Waals surface area contributed by atoms with E-state index in [4.69, 9.17) is 44.6 Å². The molecule has 0 saturated heterocycles. The monoisotopic (exact) mass is 1220 g/mol. The Morgan fingerprint density at radius 2 is 0.625 bits per heavy atom. The molecule has 0 heterocycles. The molecular formula is C4H16Br2I6N8S4. The molecule has 0 aromatic carbocycles. The average Bonchev–Trinajstić information content (AvgIpc) is 2.36. The van der Waals surface area contributed by atoms with Gasteiger partial charge in [-0.15, -0.1) is 0 Å². The Morgan fingerprint density at radius 1 is 0.542 bits per heavy atom. The summed E-state index contributed by atoms with van der Waals surface area (Å²) in [5.74, 6) is 0. The summed E-state index contributed by atoms with van der Waals surface area (Å²) >= 11 is 10.6. The third kappa shape index (κ3) is 81.7. The molecule has 20 heteroatoms. The Balaban J connectivity index is -0.0000000479. The molecule has 0 spiro atoms. The van der Waals surface area contributed by atoms with Gasteiger partial charge < -0.3 is 34.0 Å². The van der Waals surface area contributed by atoms with Crippen LogP contribution in [0.4, 0.5) is 0 Å². The number of nitrogens with two attached hydrogens (primary N) is 8. The normalized spacial score (nSPS) is 7.50. The van der Waals surface area contributed by atoms with Gasteiger partial charge in [0.1, 0.15) is 0 Å². The van der Waals surface area contributed by atoms with Gasteiger partial charge in [0.05, 0.1) is 0 Å². The minimum atomic E-state index is 0. The van der Waals surface area contributed by atoms with Crippen molar-refractivity contribution in [2.75, 3.05) is 0 Å². The fraction of sp³-hybridized carbons (Fsp3) is 0. The van der Waals surface area contributed by atoms with Gasteiger partial charge in [-0.1, -0.05) is 0 Å². The Labute approximate surface area is 237 Å². The molecule has 0 amide bonds. The van der Waals surface area contributed by atoms with Crippen LogP contribution in [0, 0.1) is 0 Å². The van der Waals surface area contributed by atoms with Crippen molar-refractivity contribution in [3.8, 4) is 0 Å². The molecule has 0 saturated carbocycles. The standard InChI is InChI=1S/2C2H6N4S2.2BrH.2I3/c2*3-1(4)7-8-2(5)6;;;2*1-3-2/h2*(H3,3,4)(H3,5,6);2*1H;;/q;;;;2*-1/p+2. The van der Waals surface area contributed by atoms with Crippen LogP contribution in [0.3, 0.4) is 0 Å². The van der Waals surface area contributed by atoms with Crippen LogP contribution in [-0.4, -0.2) is 20.7 Å². The average molecular weight is 1230 g/mol. The fourth-order valence-electron chi connectivity index (χ4n) is 0.192. The molecule has 0 aromatic rings. The van der Waals surface area contributed by atoms with Crippen molar-refractivity contribution in [3.63, 3.8) is 0 Å². The summed E-state index contributed by atoms with van der Waals surface area (Å²) < 4.78 is 0. The van der Waals surface area contributed by atoms with Crippen molar-refractivity contribution in [2.24, 2.45) is 22.9 Å². The van der Waals surface area contributed by atoms with Gasteiger partial charge in [0.25, 0.3) is 0 Å². The molecule has 0 unspecified atom stereocenters. The van der Waals surface area contributed by atoms with Gasteiger partial charge in [-0.25, -0.2) is 0 Å². The van der Waals surface area contributed by atoms with Crippen molar-refractivity contribution in [1.82, 2.24) is 0 Å². The van der Waals surface area contributed by atoms with Crippen LogP contribution in [0.25, 0.3) is 0 Å². The SMILES string of the molecule is I[I-]I.I[I-]I.NC(=[NH2+])SSC(N)=[NH2+].NC(=[NH2+])SSC(N)=[NH2+].[Br-].[Br-]. The summed E-state index contributed by atoms with van der Waals surface area (Å²) in [6.07, 6.45) is 0. The third-order valence-corrected chi connectivity index (χ3v) is 4.21. The second-order valence-electron chi connectivity index (χ2n) is 2.05. The molecule has 16 N–H and O–H groups in total. The minimum Gasteiger partial charge on any atom is -1.00 e. The van der Waals surface area contributed by atoms with Gasteiger partial charge in [0.2, 0.25) is 0 Å². The van der Waals surface area contributed by atoms with E-state index >= 15 is 0 Å². The van der Waals surface area contributed by atoms with Gasteiger partial charge in [0, 0.05) is 43.2 Å².